The summed E-state index contributed by atoms with van der Waals surface area (Å²) in [6, 6.07) is 10.3. The Balaban J connectivity index is 2.28. The summed E-state index contributed by atoms with van der Waals surface area (Å²) < 4.78 is 3.14. The molecule has 0 N–H and O–H groups in total. The van der Waals surface area contributed by atoms with E-state index in [4.69, 9.17) is 0 Å². The molecule has 3 aromatic rings. The average Bonchev–Trinajstić information content (AvgIpc) is 2.79. The number of nitrogens with zero attached hydrogens (tertiary/aromatic N) is 3. The fourth-order valence-electron chi connectivity index (χ4n) is 1.45. The molecule has 0 saturated heterocycles. The van der Waals surface area contributed by atoms with Gasteiger partial charge in [-0.25, -0.2) is 0 Å². The maximum absolute atomic E-state index is 4.06. The van der Waals surface area contributed by atoms with E-state index in [1.54, 1.807) is 6.33 Å². The summed E-state index contributed by atoms with van der Waals surface area (Å²) in [5.41, 5.74) is 2.44. The summed E-state index contributed by atoms with van der Waals surface area (Å²) >= 11 is 0.335. The molecule has 0 fully saturated rings. The molecule has 0 aliphatic heterocycles. The van der Waals surface area contributed by atoms with Gasteiger partial charge in [-0.2, -0.15) is 0 Å². The van der Waals surface area contributed by atoms with Gasteiger partial charge >= 0.3 is 86.5 Å². The molecule has 0 aliphatic rings. The SMILES string of the molecule is c1ccc(-c2c[se]c3nncn23)cc1. The quantitative estimate of drug-likeness (QED) is 0.610. The van der Waals surface area contributed by atoms with Crippen LogP contribution in [0.2, 0.25) is 0 Å². The fourth-order valence-corrected chi connectivity index (χ4v) is 3.17. The van der Waals surface area contributed by atoms with Gasteiger partial charge in [-0.3, -0.25) is 0 Å². The Hall–Kier alpha value is -1.38. The first-order valence-electron chi connectivity index (χ1n) is 4.28. The standard InChI is InChI=1S/C10H7N3Se/c1-2-4-8(5-3-1)9-6-14-10-12-11-7-13(9)10/h1-7H. The average molecular weight is 248 g/mol. The molecule has 2 aromatic heterocycles. The maximum atomic E-state index is 4.06. The van der Waals surface area contributed by atoms with Crippen LogP contribution in [-0.2, 0) is 0 Å². The van der Waals surface area contributed by atoms with Crippen LogP contribution in [0.1, 0.15) is 0 Å². The second-order valence-electron chi connectivity index (χ2n) is 2.97. The molecule has 3 rings (SSSR count). The van der Waals surface area contributed by atoms with Crippen molar-refractivity contribution in [2.45, 2.75) is 0 Å². The molecular weight excluding hydrogens is 241 g/mol. The first kappa shape index (κ1) is 7.97. The van der Waals surface area contributed by atoms with E-state index in [-0.39, 0.29) is 0 Å². The van der Waals surface area contributed by atoms with Gasteiger partial charge in [0, 0.05) is 0 Å². The zero-order valence-corrected chi connectivity index (χ0v) is 9.00. The van der Waals surface area contributed by atoms with Gasteiger partial charge in [0.15, 0.2) is 0 Å². The van der Waals surface area contributed by atoms with Gasteiger partial charge in [0.25, 0.3) is 0 Å². The zero-order chi connectivity index (χ0) is 9.38. The van der Waals surface area contributed by atoms with Crippen LogP contribution in [-0.4, -0.2) is 29.1 Å². The van der Waals surface area contributed by atoms with Crippen molar-refractivity contribution in [3.05, 3.63) is 41.6 Å². The van der Waals surface area contributed by atoms with Crippen LogP contribution in [0.3, 0.4) is 0 Å². The van der Waals surface area contributed by atoms with E-state index >= 15 is 0 Å². The molecule has 0 saturated carbocycles. The predicted octanol–water partition coefficient (Wildman–Crippen LogP) is 1.45. The van der Waals surface area contributed by atoms with Crippen molar-refractivity contribution in [2.24, 2.45) is 0 Å². The Morgan fingerprint density at radius 3 is 2.86 bits per heavy atom. The summed E-state index contributed by atoms with van der Waals surface area (Å²) in [7, 11) is 0. The van der Waals surface area contributed by atoms with Crippen molar-refractivity contribution in [1.29, 1.82) is 0 Å². The van der Waals surface area contributed by atoms with E-state index in [0.29, 0.717) is 14.5 Å². The topological polar surface area (TPSA) is 30.2 Å². The molecule has 14 heavy (non-hydrogen) atoms. The number of hydrogen-bond acceptors (Lipinski definition) is 2. The summed E-state index contributed by atoms with van der Waals surface area (Å²) in [6.45, 7) is 0. The van der Waals surface area contributed by atoms with Crippen molar-refractivity contribution in [3.8, 4) is 11.3 Å². The molecule has 0 bridgehead atoms. The Morgan fingerprint density at radius 1 is 1.14 bits per heavy atom. The van der Waals surface area contributed by atoms with Crippen LogP contribution in [0.5, 0.6) is 0 Å². The zero-order valence-electron chi connectivity index (χ0n) is 7.29. The minimum atomic E-state index is 0.335. The molecule has 0 spiro atoms. The molecule has 3 nitrogen and oxygen atoms in total. The molecule has 68 valence electrons. The first-order chi connectivity index (χ1) is 6.95. The Labute approximate surface area is 86.8 Å². The van der Waals surface area contributed by atoms with Crippen molar-refractivity contribution < 1.29 is 0 Å². The van der Waals surface area contributed by atoms with Crippen molar-refractivity contribution in [3.63, 3.8) is 0 Å². The van der Waals surface area contributed by atoms with Crippen molar-refractivity contribution >= 4 is 19.0 Å². The van der Waals surface area contributed by atoms with Gasteiger partial charge in [-0.1, -0.05) is 0 Å². The van der Waals surface area contributed by atoms with Gasteiger partial charge in [-0.05, 0) is 0 Å². The molecule has 0 atom stereocenters. The molecule has 4 heteroatoms. The summed E-state index contributed by atoms with van der Waals surface area (Å²) in [5, 5.41) is 7.97. The Morgan fingerprint density at radius 2 is 2.00 bits per heavy atom. The molecule has 0 amide bonds. The molecule has 0 unspecified atom stereocenters. The normalized spacial score (nSPS) is 10.9. The molecular formula is C10H7N3Se. The number of hydrogen-bond donors (Lipinski definition) is 0. The third-order valence-corrected chi connectivity index (χ3v) is 3.86. The molecule has 0 aliphatic carbocycles. The van der Waals surface area contributed by atoms with E-state index in [9.17, 15) is 0 Å². The van der Waals surface area contributed by atoms with E-state index in [0.717, 1.165) is 4.52 Å². The van der Waals surface area contributed by atoms with Crippen molar-refractivity contribution in [1.82, 2.24) is 14.6 Å². The van der Waals surface area contributed by atoms with E-state index in [1.165, 1.54) is 11.3 Å². The molecule has 0 radical (unpaired) electrons. The monoisotopic (exact) mass is 249 g/mol. The third kappa shape index (κ3) is 1.12. The number of benzene rings is 1. The van der Waals surface area contributed by atoms with Crippen LogP contribution in [0.25, 0.3) is 15.8 Å². The fraction of sp³-hybridized carbons (Fsp3) is 0. The van der Waals surface area contributed by atoms with Gasteiger partial charge in [0.05, 0.1) is 0 Å². The Bertz CT molecular complexity index is 553. The van der Waals surface area contributed by atoms with E-state index in [1.807, 2.05) is 18.2 Å². The first-order valence-corrected chi connectivity index (χ1v) is 6.12. The van der Waals surface area contributed by atoms with Crippen LogP contribution in [0.15, 0.2) is 41.6 Å². The van der Waals surface area contributed by atoms with Gasteiger partial charge in [0.2, 0.25) is 0 Å². The van der Waals surface area contributed by atoms with Gasteiger partial charge in [0.1, 0.15) is 0 Å². The number of rotatable bonds is 1. The Kier molecular flexibility index (Phi) is 1.75. The minimum absolute atomic E-state index is 0.335. The predicted molar refractivity (Wildman–Crippen MR) is 55.4 cm³/mol. The van der Waals surface area contributed by atoms with Gasteiger partial charge < -0.3 is 0 Å². The van der Waals surface area contributed by atoms with Crippen LogP contribution in [0, 0.1) is 0 Å². The molecule has 2 heterocycles. The number of fused-ring (bicyclic) bond motifs is 1. The third-order valence-electron chi connectivity index (χ3n) is 2.12. The van der Waals surface area contributed by atoms with E-state index < -0.39 is 0 Å². The van der Waals surface area contributed by atoms with Crippen LogP contribution < -0.4 is 0 Å². The van der Waals surface area contributed by atoms with E-state index in [2.05, 4.69) is 31.7 Å². The second-order valence-corrected chi connectivity index (χ2v) is 4.73. The molecule has 1 aromatic carbocycles. The van der Waals surface area contributed by atoms with Crippen LogP contribution >= 0.6 is 0 Å². The summed E-state index contributed by atoms with van der Waals surface area (Å²) in [5.74, 6) is 0. The summed E-state index contributed by atoms with van der Waals surface area (Å²) in [6.07, 6.45) is 1.78. The number of aromatic nitrogens is 3. The van der Waals surface area contributed by atoms with Gasteiger partial charge in [-0.15, -0.1) is 0 Å². The van der Waals surface area contributed by atoms with Crippen LogP contribution in [0.4, 0.5) is 0 Å². The summed E-state index contributed by atoms with van der Waals surface area (Å²) in [4.78, 5) is 2.24. The van der Waals surface area contributed by atoms with Crippen molar-refractivity contribution in [2.75, 3.05) is 0 Å². The second kappa shape index (κ2) is 3.08.